The van der Waals surface area contributed by atoms with Gasteiger partial charge in [-0.1, -0.05) is 19.3 Å². The van der Waals surface area contributed by atoms with Gasteiger partial charge in [0.1, 0.15) is 5.82 Å². The molecule has 102 valence electrons. The lowest BCUT2D eigenvalue weighted by Crippen LogP contribution is -2.20. The van der Waals surface area contributed by atoms with E-state index in [0.717, 1.165) is 25.2 Å². The highest BCUT2D eigenvalue weighted by molar-refractivity contribution is 5.75. The van der Waals surface area contributed by atoms with Gasteiger partial charge < -0.3 is 9.47 Å². The van der Waals surface area contributed by atoms with Gasteiger partial charge in [0.25, 0.3) is 0 Å². The van der Waals surface area contributed by atoms with Crippen LogP contribution in [-0.2, 0) is 11.3 Å². The van der Waals surface area contributed by atoms with E-state index >= 15 is 0 Å². The summed E-state index contributed by atoms with van der Waals surface area (Å²) in [7, 11) is 3.63. The van der Waals surface area contributed by atoms with Crippen molar-refractivity contribution in [2.75, 3.05) is 14.1 Å². The monoisotopic (exact) mass is 251 g/mol. The highest BCUT2D eigenvalue weighted by Gasteiger charge is 2.02. The molecule has 1 amide bonds. The average Bonchev–Trinajstić information content (AvgIpc) is 2.73. The second-order valence-electron chi connectivity index (χ2n) is 4.97. The van der Waals surface area contributed by atoms with Crippen LogP contribution < -0.4 is 0 Å². The molecule has 1 heterocycles. The molecule has 0 unspecified atom stereocenters. The number of hydrogen-bond donors (Lipinski definition) is 0. The predicted octanol–water partition coefficient (Wildman–Crippen LogP) is 2.62. The van der Waals surface area contributed by atoms with Crippen LogP contribution in [0.15, 0.2) is 12.4 Å². The zero-order valence-electron chi connectivity index (χ0n) is 11.9. The number of carbonyl (C=O) groups excluding carboxylic acids is 1. The number of imidazole rings is 1. The first-order valence-corrected chi connectivity index (χ1v) is 6.79. The fraction of sp³-hybridized carbons (Fsp3) is 0.714. The molecule has 0 aromatic carbocycles. The van der Waals surface area contributed by atoms with E-state index in [0.29, 0.717) is 6.42 Å². The molecule has 0 aliphatic rings. The van der Waals surface area contributed by atoms with Crippen LogP contribution in [0.25, 0.3) is 0 Å². The predicted molar refractivity (Wildman–Crippen MR) is 73.4 cm³/mol. The summed E-state index contributed by atoms with van der Waals surface area (Å²) in [4.78, 5) is 17.2. The Kier molecular flexibility index (Phi) is 6.47. The summed E-state index contributed by atoms with van der Waals surface area (Å²) in [5.41, 5.74) is 0. The average molecular weight is 251 g/mol. The number of amides is 1. The summed E-state index contributed by atoms with van der Waals surface area (Å²) in [6.07, 6.45) is 10.4. The Morgan fingerprint density at radius 2 is 1.89 bits per heavy atom. The molecule has 1 aromatic rings. The Hall–Kier alpha value is -1.32. The van der Waals surface area contributed by atoms with Gasteiger partial charge in [0, 0.05) is 39.5 Å². The Balaban J connectivity index is 1.96. The number of unbranched alkanes of at least 4 members (excludes halogenated alkanes) is 4. The molecule has 0 spiro atoms. The lowest BCUT2D eigenvalue weighted by molar-refractivity contribution is -0.128. The molecule has 0 fully saturated rings. The molecule has 0 bridgehead atoms. The number of carbonyl (C=O) groups is 1. The van der Waals surface area contributed by atoms with Crippen LogP contribution in [0.2, 0.25) is 0 Å². The third-order valence-electron chi connectivity index (χ3n) is 3.21. The van der Waals surface area contributed by atoms with Crippen LogP contribution in [0.5, 0.6) is 0 Å². The van der Waals surface area contributed by atoms with Gasteiger partial charge in [-0.2, -0.15) is 0 Å². The molecule has 0 radical (unpaired) electrons. The minimum absolute atomic E-state index is 0.240. The zero-order chi connectivity index (χ0) is 13.4. The SMILES string of the molecule is Cc1nccn1CCCCCCCC(=O)N(C)C. The Bertz CT molecular complexity index is 358. The number of aromatic nitrogens is 2. The van der Waals surface area contributed by atoms with Crippen molar-refractivity contribution in [3.63, 3.8) is 0 Å². The summed E-state index contributed by atoms with van der Waals surface area (Å²) in [6.45, 7) is 3.09. The van der Waals surface area contributed by atoms with Gasteiger partial charge in [0.2, 0.25) is 5.91 Å². The van der Waals surface area contributed by atoms with E-state index in [1.807, 2.05) is 33.4 Å². The second-order valence-corrected chi connectivity index (χ2v) is 4.97. The fourth-order valence-corrected chi connectivity index (χ4v) is 1.95. The van der Waals surface area contributed by atoms with Crippen LogP contribution in [0.3, 0.4) is 0 Å². The molecule has 4 nitrogen and oxygen atoms in total. The van der Waals surface area contributed by atoms with Crippen LogP contribution in [0.1, 0.15) is 44.3 Å². The van der Waals surface area contributed by atoms with Crippen LogP contribution in [0, 0.1) is 6.92 Å². The van der Waals surface area contributed by atoms with E-state index in [2.05, 4.69) is 9.55 Å². The van der Waals surface area contributed by atoms with Crippen LogP contribution in [0.4, 0.5) is 0 Å². The summed E-state index contributed by atoms with van der Waals surface area (Å²) < 4.78 is 2.19. The third-order valence-corrected chi connectivity index (χ3v) is 3.21. The third kappa shape index (κ3) is 5.34. The van der Waals surface area contributed by atoms with Gasteiger partial charge in [-0.3, -0.25) is 4.79 Å². The number of aryl methyl sites for hydroxylation is 2. The standard InChI is InChI=1S/C14H25N3O/c1-13-15-10-12-17(13)11-8-6-4-5-7-9-14(18)16(2)3/h10,12H,4-9,11H2,1-3H3. The first kappa shape index (κ1) is 14.7. The van der Waals surface area contributed by atoms with Gasteiger partial charge in [-0.25, -0.2) is 4.98 Å². The van der Waals surface area contributed by atoms with Crippen molar-refractivity contribution in [1.29, 1.82) is 0 Å². The maximum absolute atomic E-state index is 11.3. The summed E-state index contributed by atoms with van der Waals surface area (Å²) in [5.74, 6) is 1.33. The van der Waals surface area contributed by atoms with E-state index in [1.54, 1.807) is 4.90 Å². The van der Waals surface area contributed by atoms with Crippen molar-refractivity contribution in [3.05, 3.63) is 18.2 Å². The molecule has 1 rings (SSSR count). The van der Waals surface area contributed by atoms with E-state index < -0.39 is 0 Å². The van der Waals surface area contributed by atoms with Crippen LogP contribution >= 0.6 is 0 Å². The fourth-order valence-electron chi connectivity index (χ4n) is 1.95. The van der Waals surface area contributed by atoms with E-state index in [-0.39, 0.29) is 5.91 Å². The van der Waals surface area contributed by atoms with Gasteiger partial charge >= 0.3 is 0 Å². The summed E-state index contributed by atoms with van der Waals surface area (Å²) >= 11 is 0. The first-order valence-electron chi connectivity index (χ1n) is 6.79. The minimum atomic E-state index is 0.240. The topological polar surface area (TPSA) is 38.1 Å². The Labute approximate surface area is 110 Å². The normalized spacial score (nSPS) is 10.6. The van der Waals surface area contributed by atoms with Crippen molar-refractivity contribution in [3.8, 4) is 0 Å². The largest absolute Gasteiger partial charge is 0.349 e. The van der Waals surface area contributed by atoms with Gasteiger partial charge in [-0.05, 0) is 19.8 Å². The highest BCUT2D eigenvalue weighted by Crippen LogP contribution is 2.08. The molecule has 0 saturated carbocycles. The maximum atomic E-state index is 11.3. The van der Waals surface area contributed by atoms with Crippen molar-refractivity contribution in [2.24, 2.45) is 0 Å². The molecule has 0 N–H and O–H groups in total. The minimum Gasteiger partial charge on any atom is -0.349 e. The Morgan fingerprint density at radius 3 is 2.50 bits per heavy atom. The maximum Gasteiger partial charge on any atom is 0.222 e. The summed E-state index contributed by atoms with van der Waals surface area (Å²) in [6, 6.07) is 0. The lowest BCUT2D eigenvalue weighted by atomic mass is 10.1. The van der Waals surface area contributed by atoms with E-state index in [1.165, 1.54) is 19.3 Å². The molecule has 18 heavy (non-hydrogen) atoms. The molecule has 1 aromatic heterocycles. The van der Waals surface area contributed by atoms with Gasteiger partial charge in [0.05, 0.1) is 0 Å². The van der Waals surface area contributed by atoms with Gasteiger partial charge in [0.15, 0.2) is 0 Å². The first-order chi connectivity index (χ1) is 8.61. The molecular formula is C14H25N3O. The Morgan fingerprint density at radius 1 is 1.22 bits per heavy atom. The van der Waals surface area contributed by atoms with Gasteiger partial charge in [-0.15, -0.1) is 0 Å². The second kappa shape index (κ2) is 7.90. The number of hydrogen-bond acceptors (Lipinski definition) is 2. The smallest absolute Gasteiger partial charge is 0.222 e. The summed E-state index contributed by atoms with van der Waals surface area (Å²) in [5, 5.41) is 0. The molecular weight excluding hydrogens is 226 g/mol. The van der Waals surface area contributed by atoms with Crippen molar-refractivity contribution >= 4 is 5.91 Å². The highest BCUT2D eigenvalue weighted by atomic mass is 16.2. The van der Waals surface area contributed by atoms with E-state index in [4.69, 9.17) is 0 Å². The molecule has 4 heteroatoms. The molecule has 0 atom stereocenters. The van der Waals surface area contributed by atoms with Crippen molar-refractivity contribution < 1.29 is 4.79 Å². The molecule has 0 saturated heterocycles. The van der Waals surface area contributed by atoms with Crippen molar-refractivity contribution in [1.82, 2.24) is 14.5 Å². The quantitative estimate of drug-likeness (QED) is 0.666. The lowest BCUT2D eigenvalue weighted by Gasteiger charge is -2.09. The van der Waals surface area contributed by atoms with Crippen molar-refractivity contribution in [2.45, 2.75) is 52.0 Å². The number of rotatable bonds is 8. The zero-order valence-corrected chi connectivity index (χ0v) is 11.9. The van der Waals surface area contributed by atoms with Crippen LogP contribution in [-0.4, -0.2) is 34.5 Å². The molecule has 0 aliphatic carbocycles. The number of nitrogens with zero attached hydrogens (tertiary/aromatic N) is 3. The molecule has 0 aliphatic heterocycles. The van der Waals surface area contributed by atoms with E-state index in [9.17, 15) is 4.79 Å².